The lowest BCUT2D eigenvalue weighted by Crippen LogP contribution is -2.19. The first-order valence-electron chi connectivity index (χ1n) is 11.9. The maximum absolute atomic E-state index is 13.7. The monoisotopic (exact) mass is 531 g/mol. The molecule has 0 aliphatic rings. The number of aromatic nitrogens is 3. The molecule has 0 unspecified atom stereocenters. The molecular weight excluding hydrogens is 508 g/mol. The first-order chi connectivity index (χ1) is 18.7. The summed E-state index contributed by atoms with van der Waals surface area (Å²) in [4.78, 5) is 41.5. The zero-order valence-electron chi connectivity index (χ0n) is 21.2. The normalized spacial score (nSPS) is 11.2. The highest BCUT2D eigenvalue weighted by molar-refractivity contribution is 6.08. The summed E-state index contributed by atoms with van der Waals surface area (Å²) < 4.78 is 35.3. The van der Waals surface area contributed by atoms with Gasteiger partial charge in [-0.2, -0.15) is 4.74 Å². The van der Waals surface area contributed by atoms with Gasteiger partial charge in [0.2, 0.25) is 0 Å². The second-order valence-electron chi connectivity index (χ2n) is 8.85. The van der Waals surface area contributed by atoms with Crippen LogP contribution in [0.15, 0.2) is 76.3 Å². The van der Waals surface area contributed by atoms with E-state index in [2.05, 4.69) is 15.6 Å². The number of halogens is 2. The molecule has 3 aromatic heterocycles. The summed E-state index contributed by atoms with van der Waals surface area (Å²) in [6, 6.07) is 15.0. The van der Waals surface area contributed by atoms with Gasteiger partial charge in [-0.15, -0.1) is 0 Å². The fourth-order valence-electron chi connectivity index (χ4n) is 4.39. The number of nitrogens with one attached hydrogen (secondary N) is 2. The molecule has 0 saturated heterocycles. The van der Waals surface area contributed by atoms with Crippen LogP contribution in [-0.2, 0) is 7.05 Å². The van der Waals surface area contributed by atoms with E-state index in [-0.39, 0.29) is 17.2 Å². The number of alkyl halides is 2. The second kappa shape index (κ2) is 10.0. The molecule has 0 fully saturated rings. The van der Waals surface area contributed by atoms with E-state index in [0.29, 0.717) is 39.2 Å². The molecule has 2 amide bonds. The van der Waals surface area contributed by atoms with Crippen molar-refractivity contribution in [3.05, 3.63) is 100 Å². The van der Waals surface area contributed by atoms with Crippen molar-refractivity contribution in [1.29, 1.82) is 0 Å². The average Bonchev–Trinajstić information content (AvgIpc) is 3.47. The zero-order valence-corrected chi connectivity index (χ0v) is 21.2. The number of carbonyl (C=O) groups is 2. The molecule has 0 atom stereocenters. The number of amides is 2. The predicted molar refractivity (Wildman–Crippen MR) is 141 cm³/mol. The van der Waals surface area contributed by atoms with Crippen LogP contribution >= 0.6 is 0 Å². The van der Waals surface area contributed by atoms with Crippen LogP contribution in [0, 0.1) is 6.92 Å². The molecule has 5 rings (SSSR count). The molecule has 0 bridgehead atoms. The number of rotatable bonds is 6. The highest BCUT2D eigenvalue weighted by Gasteiger charge is 2.21. The van der Waals surface area contributed by atoms with Gasteiger partial charge in [0.05, 0.1) is 11.1 Å². The summed E-state index contributed by atoms with van der Waals surface area (Å²) in [6.07, 6.45) is -0.0916. The van der Waals surface area contributed by atoms with Crippen molar-refractivity contribution in [2.45, 2.75) is 13.3 Å². The summed E-state index contributed by atoms with van der Waals surface area (Å²) in [5, 5.41) is 5.15. The SMILES string of the molecule is CNC(=O)c1cccc(NC(=O)c2nc(C(F)F)cn3cc(-c4ccc(-c5c(C)on(C)c5=O)cc4)cc23)c1. The van der Waals surface area contributed by atoms with Crippen molar-refractivity contribution < 1.29 is 22.9 Å². The van der Waals surface area contributed by atoms with Gasteiger partial charge in [0.15, 0.2) is 5.69 Å². The predicted octanol–water partition coefficient (Wildman–Crippen LogP) is 4.82. The van der Waals surface area contributed by atoms with Crippen LogP contribution < -0.4 is 16.2 Å². The summed E-state index contributed by atoms with van der Waals surface area (Å²) in [6.45, 7) is 1.71. The highest BCUT2D eigenvalue weighted by Crippen LogP contribution is 2.29. The van der Waals surface area contributed by atoms with Gasteiger partial charge in [0.1, 0.15) is 11.5 Å². The number of hydrogen-bond donors (Lipinski definition) is 2. The summed E-state index contributed by atoms with van der Waals surface area (Å²) in [7, 11) is 3.02. The summed E-state index contributed by atoms with van der Waals surface area (Å²) in [5.41, 5.74) is 2.47. The molecule has 198 valence electrons. The number of anilines is 1. The Morgan fingerprint density at radius 1 is 0.974 bits per heavy atom. The molecule has 9 nitrogen and oxygen atoms in total. The topological polar surface area (TPSA) is 111 Å². The minimum absolute atomic E-state index is 0.196. The molecule has 0 aliphatic carbocycles. The number of fused-ring (bicyclic) bond motifs is 1. The van der Waals surface area contributed by atoms with Crippen molar-refractivity contribution >= 4 is 23.0 Å². The average molecular weight is 532 g/mol. The molecule has 0 radical (unpaired) electrons. The van der Waals surface area contributed by atoms with Crippen molar-refractivity contribution in [1.82, 2.24) is 19.4 Å². The lowest BCUT2D eigenvalue weighted by atomic mass is 10.0. The zero-order chi connectivity index (χ0) is 27.8. The molecule has 3 heterocycles. The third-order valence-corrected chi connectivity index (χ3v) is 6.28. The van der Waals surface area contributed by atoms with Gasteiger partial charge in [-0.1, -0.05) is 30.3 Å². The third-order valence-electron chi connectivity index (χ3n) is 6.28. The van der Waals surface area contributed by atoms with Gasteiger partial charge >= 0.3 is 0 Å². The lowest BCUT2D eigenvalue weighted by molar-refractivity contribution is 0.0961. The van der Waals surface area contributed by atoms with Crippen LogP contribution in [0.25, 0.3) is 27.8 Å². The maximum atomic E-state index is 13.7. The number of nitrogens with zero attached hydrogens (tertiary/aromatic N) is 3. The molecule has 11 heteroatoms. The van der Waals surface area contributed by atoms with E-state index in [1.54, 1.807) is 61.7 Å². The van der Waals surface area contributed by atoms with Gasteiger partial charge in [-0.25, -0.2) is 13.8 Å². The van der Waals surface area contributed by atoms with Gasteiger partial charge < -0.3 is 19.6 Å². The van der Waals surface area contributed by atoms with Crippen LogP contribution in [0.3, 0.4) is 0 Å². The Balaban J connectivity index is 1.52. The maximum Gasteiger partial charge on any atom is 0.290 e. The highest BCUT2D eigenvalue weighted by atomic mass is 19.3. The molecule has 0 saturated carbocycles. The molecular formula is C28H23F2N5O4. The van der Waals surface area contributed by atoms with E-state index >= 15 is 0 Å². The summed E-state index contributed by atoms with van der Waals surface area (Å²) in [5.74, 6) is -0.549. The van der Waals surface area contributed by atoms with Crippen molar-refractivity contribution in [2.24, 2.45) is 7.05 Å². The second-order valence-corrected chi connectivity index (χ2v) is 8.85. The Hall–Kier alpha value is -5.06. The smallest absolute Gasteiger partial charge is 0.290 e. The fourth-order valence-corrected chi connectivity index (χ4v) is 4.39. The van der Waals surface area contributed by atoms with Crippen LogP contribution in [0.1, 0.15) is 38.7 Å². The molecule has 0 spiro atoms. The van der Waals surface area contributed by atoms with Crippen molar-refractivity contribution in [3.8, 4) is 22.3 Å². The number of carbonyl (C=O) groups excluding carboxylic acids is 2. The Labute approximate surface area is 220 Å². The fraction of sp³-hybridized carbons (Fsp3) is 0.143. The van der Waals surface area contributed by atoms with E-state index in [4.69, 9.17) is 4.52 Å². The van der Waals surface area contributed by atoms with Crippen LogP contribution in [0.4, 0.5) is 14.5 Å². The van der Waals surface area contributed by atoms with Crippen LogP contribution in [-0.4, -0.2) is 33.0 Å². The van der Waals surface area contributed by atoms with E-state index in [1.165, 1.54) is 30.8 Å². The van der Waals surface area contributed by atoms with Gasteiger partial charge in [-0.3, -0.25) is 14.4 Å². The van der Waals surface area contributed by atoms with E-state index in [0.717, 1.165) is 10.3 Å². The number of aryl methyl sites for hydroxylation is 2. The minimum Gasteiger partial charge on any atom is -0.381 e. The lowest BCUT2D eigenvalue weighted by Gasteiger charge is -2.09. The molecule has 0 aliphatic heterocycles. The van der Waals surface area contributed by atoms with E-state index < -0.39 is 18.0 Å². The molecule has 5 aromatic rings. The van der Waals surface area contributed by atoms with E-state index in [9.17, 15) is 23.2 Å². The Kier molecular flexibility index (Phi) is 6.57. The Morgan fingerprint density at radius 3 is 2.33 bits per heavy atom. The Morgan fingerprint density at radius 2 is 1.69 bits per heavy atom. The Bertz CT molecular complexity index is 1780. The molecule has 2 N–H and O–H groups in total. The van der Waals surface area contributed by atoms with Gasteiger partial charge in [0, 0.05) is 43.3 Å². The van der Waals surface area contributed by atoms with Crippen LogP contribution in [0.2, 0.25) is 0 Å². The first kappa shape index (κ1) is 25.6. The van der Waals surface area contributed by atoms with E-state index in [1.807, 2.05) is 0 Å². The standard InChI is InChI=1S/C28H23F2N5O4/c1-15-23(28(38)34(3)39-15)17-9-7-16(8-10-17)19-12-22-24(33-21(25(29)30)14-35(22)13-19)27(37)32-20-6-4-5-18(11-20)26(36)31-2/h4-14,25H,1-3H3,(H,31,36)(H,32,37). The van der Waals surface area contributed by atoms with Crippen molar-refractivity contribution in [3.63, 3.8) is 0 Å². The first-order valence-corrected chi connectivity index (χ1v) is 11.9. The quantitative estimate of drug-likeness (QED) is 0.327. The van der Waals surface area contributed by atoms with Crippen LogP contribution in [0.5, 0.6) is 0 Å². The largest absolute Gasteiger partial charge is 0.381 e. The van der Waals surface area contributed by atoms with Gasteiger partial charge in [-0.05, 0) is 42.3 Å². The number of hydrogen-bond acceptors (Lipinski definition) is 5. The van der Waals surface area contributed by atoms with Crippen molar-refractivity contribution in [2.75, 3.05) is 12.4 Å². The van der Waals surface area contributed by atoms with Gasteiger partial charge in [0.25, 0.3) is 23.8 Å². The minimum atomic E-state index is -2.90. The summed E-state index contributed by atoms with van der Waals surface area (Å²) >= 11 is 0. The third kappa shape index (κ3) is 4.81. The molecule has 2 aromatic carbocycles. The number of benzene rings is 2. The molecule has 39 heavy (non-hydrogen) atoms.